The topological polar surface area (TPSA) is 58.4 Å². The van der Waals surface area contributed by atoms with Crippen LogP contribution in [0.25, 0.3) is 0 Å². The number of nitrogens with two attached hydrogens (primary N) is 1. The van der Waals surface area contributed by atoms with Gasteiger partial charge in [-0.05, 0) is 46.5 Å². The third-order valence-electron chi connectivity index (χ3n) is 4.98. The highest BCUT2D eigenvalue weighted by Gasteiger charge is 2.36. The van der Waals surface area contributed by atoms with Gasteiger partial charge >= 0.3 is 0 Å². The maximum absolute atomic E-state index is 12.5. The lowest BCUT2D eigenvalue weighted by atomic mass is 9.92. The van der Waals surface area contributed by atoms with Crippen LogP contribution in [0.4, 0.5) is 0 Å². The van der Waals surface area contributed by atoms with E-state index in [1.54, 1.807) is 0 Å². The van der Waals surface area contributed by atoms with Gasteiger partial charge in [0, 0.05) is 18.6 Å². The van der Waals surface area contributed by atoms with Gasteiger partial charge in [-0.25, -0.2) is 0 Å². The number of nitrogens with zero attached hydrogens (tertiary/aromatic N) is 1. The highest BCUT2D eigenvalue weighted by Crippen LogP contribution is 2.26. The van der Waals surface area contributed by atoms with E-state index in [1.807, 2.05) is 6.92 Å². The number of rotatable bonds is 6. The molecule has 0 aromatic carbocycles. The van der Waals surface area contributed by atoms with Gasteiger partial charge in [-0.2, -0.15) is 0 Å². The number of amides is 1. The fraction of sp³-hybridized carbons (Fsp3) is 0.933. The lowest BCUT2D eigenvalue weighted by Gasteiger charge is -2.37. The van der Waals surface area contributed by atoms with Crippen molar-refractivity contribution in [1.29, 1.82) is 0 Å². The van der Waals surface area contributed by atoms with Crippen molar-refractivity contribution in [3.8, 4) is 0 Å². The van der Waals surface area contributed by atoms with Crippen LogP contribution in [0.15, 0.2) is 0 Å². The van der Waals surface area contributed by atoms with Gasteiger partial charge in [-0.3, -0.25) is 9.69 Å². The van der Waals surface area contributed by atoms with Gasteiger partial charge in [0.25, 0.3) is 0 Å². The fourth-order valence-electron chi connectivity index (χ4n) is 3.25. The van der Waals surface area contributed by atoms with E-state index in [2.05, 4.69) is 37.9 Å². The SMILES string of the molecule is CCC(CC)(CN)NC(=O)C(C)N1C(C)CCC1C. The molecule has 1 rings (SSSR count). The van der Waals surface area contributed by atoms with E-state index in [0.29, 0.717) is 18.6 Å². The maximum atomic E-state index is 12.5. The Morgan fingerprint density at radius 1 is 1.32 bits per heavy atom. The smallest absolute Gasteiger partial charge is 0.237 e. The number of likely N-dealkylation sites (tertiary alicyclic amines) is 1. The van der Waals surface area contributed by atoms with Gasteiger partial charge in [0.2, 0.25) is 5.91 Å². The normalized spacial score (nSPS) is 26.4. The van der Waals surface area contributed by atoms with E-state index >= 15 is 0 Å². The first kappa shape index (κ1) is 16.4. The largest absolute Gasteiger partial charge is 0.348 e. The number of carbonyl (C=O) groups excluding carboxylic acids is 1. The predicted octanol–water partition coefficient (Wildman–Crippen LogP) is 1.88. The van der Waals surface area contributed by atoms with Crippen LogP contribution >= 0.6 is 0 Å². The molecule has 112 valence electrons. The first-order valence-electron chi connectivity index (χ1n) is 7.70. The first-order chi connectivity index (χ1) is 8.90. The second-order valence-corrected chi connectivity index (χ2v) is 6.08. The maximum Gasteiger partial charge on any atom is 0.237 e. The number of carbonyl (C=O) groups is 1. The summed E-state index contributed by atoms with van der Waals surface area (Å²) < 4.78 is 0. The van der Waals surface area contributed by atoms with Crippen molar-refractivity contribution in [1.82, 2.24) is 10.2 Å². The van der Waals surface area contributed by atoms with Gasteiger partial charge in [0.1, 0.15) is 0 Å². The second-order valence-electron chi connectivity index (χ2n) is 6.08. The summed E-state index contributed by atoms with van der Waals surface area (Å²) >= 11 is 0. The fourth-order valence-corrected chi connectivity index (χ4v) is 3.25. The summed E-state index contributed by atoms with van der Waals surface area (Å²) in [6.07, 6.45) is 4.12. The van der Waals surface area contributed by atoms with E-state index in [4.69, 9.17) is 5.73 Å². The Hall–Kier alpha value is -0.610. The quantitative estimate of drug-likeness (QED) is 0.774. The number of hydrogen-bond donors (Lipinski definition) is 2. The minimum atomic E-state index is -0.239. The summed E-state index contributed by atoms with van der Waals surface area (Å²) in [7, 11) is 0. The van der Waals surface area contributed by atoms with Crippen LogP contribution in [0.5, 0.6) is 0 Å². The minimum Gasteiger partial charge on any atom is -0.348 e. The molecule has 0 aromatic rings. The van der Waals surface area contributed by atoms with E-state index < -0.39 is 0 Å². The van der Waals surface area contributed by atoms with Crippen LogP contribution in [-0.4, -0.2) is 41.0 Å². The zero-order valence-electron chi connectivity index (χ0n) is 13.2. The molecule has 4 nitrogen and oxygen atoms in total. The Morgan fingerprint density at radius 3 is 2.16 bits per heavy atom. The molecule has 19 heavy (non-hydrogen) atoms. The molecule has 3 unspecified atom stereocenters. The standard InChI is InChI=1S/C15H31N3O/c1-6-15(7-2,10-16)17-14(19)13(5)18-11(3)8-9-12(18)4/h11-13H,6-10,16H2,1-5H3,(H,17,19). The molecule has 4 heteroatoms. The average molecular weight is 269 g/mol. The molecule has 1 amide bonds. The highest BCUT2D eigenvalue weighted by molar-refractivity contribution is 5.82. The van der Waals surface area contributed by atoms with Crippen molar-refractivity contribution in [2.24, 2.45) is 5.73 Å². The van der Waals surface area contributed by atoms with E-state index in [9.17, 15) is 4.79 Å². The van der Waals surface area contributed by atoms with E-state index in [-0.39, 0.29) is 17.5 Å². The molecule has 1 aliphatic heterocycles. The second kappa shape index (κ2) is 6.71. The predicted molar refractivity (Wildman–Crippen MR) is 80.0 cm³/mol. The molecule has 0 spiro atoms. The van der Waals surface area contributed by atoms with Gasteiger partial charge in [-0.1, -0.05) is 13.8 Å². The summed E-state index contributed by atoms with van der Waals surface area (Å²) in [6, 6.07) is 0.911. The molecule has 1 fully saturated rings. The molecule has 3 atom stereocenters. The Bertz CT molecular complexity index is 284. The van der Waals surface area contributed by atoms with Crippen molar-refractivity contribution in [3.63, 3.8) is 0 Å². The van der Waals surface area contributed by atoms with Gasteiger partial charge in [-0.15, -0.1) is 0 Å². The third kappa shape index (κ3) is 3.48. The van der Waals surface area contributed by atoms with E-state index in [0.717, 1.165) is 12.8 Å². The first-order valence-corrected chi connectivity index (χ1v) is 7.70. The van der Waals surface area contributed by atoms with Crippen molar-refractivity contribution in [3.05, 3.63) is 0 Å². The molecule has 0 radical (unpaired) electrons. The Morgan fingerprint density at radius 2 is 1.79 bits per heavy atom. The summed E-state index contributed by atoms with van der Waals surface area (Å²) in [5, 5.41) is 3.19. The summed E-state index contributed by atoms with van der Waals surface area (Å²) in [5.41, 5.74) is 5.62. The molecular formula is C15H31N3O. The molecular weight excluding hydrogens is 238 g/mol. The van der Waals surface area contributed by atoms with Crippen LogP contribution in [0.2, 0.25) is 0 Å². The Labute approximate surface area is 118 Å². The molecule has 1 heterocycles. The zero-order valence-corrected chi connectivity index (χ0v) is 13.2. The average Bonchev–Trinajstić information content (AvgIpc) is 2.74. The van der Waals surface area contributed by atoms with Crippen LogP contribution in [0, 0.1) is 0 Å². The third-order valence-corrected chi connectivity index (χ3v) is 4.98. The van der Waals surface area contributed by atoms with Gasteiger partial charge < -0.3 is 11.1 Å². The Kier molecular flexibility index (Phi) is 5.81. The summed E-state index contributed by atoms with van der Waals surface area (Å²) in [4.78, 5) is 14.8. The molecule has 0 saturated carbocycles. The lowest BCUT2D eigenvalue weighted by molar-refractivity contribution is -0.128. The van der Waals surface area contributed by atoms with Crippen molar-refractivity contribution in [2.75, 3.05) is 6.54 Å². The molecule has 1 saturated heterocycles. The molecule has 0 aromatic heterocycles. The van der Waals surface area contributed by atoms with Crippen LogP contribution in [0.3, 0.4) is 0 Å². The minimum absolute atomic E-state index is 0.0727. The number of hydrogen-bond acceptors (Lipinski definition) is 3. The van der Waals surface area contributed by atoms with Crippen molar-refractivity contribution < 1.29 is 4.79 Å². The van der Waals surface area contributed by atoms with E-state index in [1.165, 1.54) is 12.8 Å². The molecule has 3 N–H and O–H groups in total. The zero-order chi connectivity index (χ0) is 14.6. The Balaban J connectivity index is 2.71. The summed E-state index contributed by atoms with van der Waals surface area (Å²) in [6.45, 7) is 11.1. The monoisotopic (exact) mass is 269 g/mol. The van der Waals surface area contributed by atoms with Crippen LogP contribution in [0.1, 0.15) is 60.3 Å². The molecule has 0 aliphatic carbocycles. The highest BCUT2D eigenvalue weighted by atomic mass is 16.2. The number of nitrogens with one attached hydrogen (secondary N) is 1. The van der Waals surface area contributed by atoms with Gasteiger partial charge in [0.15, 0.2) is 0 Å². The summed E-state index contributed by atoms with van der Waals surface area (Å²) in [5.74, 6) is 0.120. The van der Waals surface area contributed by atoms with Crippen molar-refractivity contribution in [2.45, 2.75) is 84.0 Å². The van der Waals surface area contributed by atoms with Gasteiger partial charge in [0.05, 0.1) is 11.6 Å². The lowest BCUT2D eigenvalue weighted by Crippen LogP contribution is -2.58. The molecule has 0 bridgehead atoms. The van der Waals surface area contributed by atoms with Crippen LogP contribution < -0.4 is 11.1 Å². The van der Waals surface area contributed by atoms with Crippen LogP contribution in [-0.2, 0) is 4.79 Å². The van der Waals surface area contributed by atoms with Crippen molar-refractivity contribution >= 4 is 5.91 Å². The molecule has 1 aliphatic rings.